The number of ether oxygens (including phenoxy) is 1. The summed E-state index contributed by atoms with van der Waals surface area (Å²) in [5, 5.41) is 35.9. The molecule has 0 spiro atoms. The van der Waals surface area contributed by atoms with E-state index >= 15 is 0 Å². The van der Waals surface area contributed by atoms with Crippen molar-refractivity contribution in [2.24, 2.45) is 5.10 Å². The van der Waals surface area contributed by atoms with Gasteiger partial charge in [0, 0.05) is 4.88 Å². The molecular weight excluding hydrogens is 374 g/mol. The Balaban J connectivity index is 1.74. The summed E-state index contributed by atoms with van der Waals surface area (Å²) in [6, 6.07) is 3.80. The van der Waals surface area contributed by atoms with E-state index in [0.717, 1.165) is 4.88 Å². The Kier molecular flexibility index (Phi) is 4.72. The molecule has 0 bridgehead atoms. The molecule has 3 aromatic rings. The topological polar surface area (TPSA) is 164 Å². The average molecular weight is 391 g/mol. The fourth-order valence-electron chi connectivity index (χ4n) is 2.86. The van der Waals surface area contributed by atoms with Crippen molar-refractivity contribution in [2.75, 3.05) is 17.8 Å². The maximum Gasteiger partial charge on any atom is 0.228 e. The van der Waals surface area contributed by atoms with E-state index in [1.165, 1.54) is 22.2 Å². The third-order valence-corrected chi connectivity index (χ3v) is 4.98. The molecule has 1 aliphatic rings. The van der Waals surface area contributed by atoms with Gasteiger partial charge >= 0.3 is 0 Å². The lowest BCUT2D eigenvalue weighted by atomic mass is 10.1. The minimum absolute atomic E-state index is 0.149. The van der Waals surface area contributed by atoms with Crippen LogP contribution in [-0.4, -0.2) is 66.0 Å². The lowest BCUT2D eigenvalue weighted by Gasteiger charge is -2.18. The van der Waals surface area contributed by atoms with Crippen LogP contribution in [-0.2, 0) is 4.74 Å². The van der Waals surface area contributed by atoms with Gasteiger partial charge in [0.25, 0.3) is 0 Å². The van der Waals surface area contributed by atoms with E-state index in [2.05, 4.69) is 25.5 Å². The number of hydrogen-bond donors (Lipinski definition) is 5. The fourth-order valence-corrected chi connectivity index (χ4v) is 3.44. The highest BCUT2D eigenvalue weighted by atomic mass is 32.1. The molecule has 11 nitrogen and oxygen atoms in total. The highest BCUT2D eigenvalue weighted by Gasteiger charge is 2.45. The monoisotopic (exact) mass is 391 g/mol. The summed E-state index contributed by atoms with van der Waals surface area (Å²) < 4.78 is 7.04. The number of thiophene rings is 1. The zero-order valence-corrected chi connectivity index (χ0v) is 14.7. The second-order valence-electron chi connectivity index (χ2n) is 5.85. The Morgan fingerprint density at radius 2 is 2.22 bits per heavy atom. The molecule has 0 unspecified atom stereocenters. The Morgan fingerprint density at radius 1 is 1.37 bits per heavy atom. The van der Waals surface area contributed by atoms with Gasteiger partial charge in [0.2, 0.25) is 5.95 Å². The van der Waals surface area contributed by atoms with Gasteiger partial charge in [-0.3, -0.25) is 4.57 Å². The van der Waals surface area contributed by atoms with Crippen molar-refractivity contribution in [2.45, 2.75) is 24.5 Å². The van der Waals surface area contributed by atoms with Crippen molar-refractivity contribution in [3.05, 3.63) is 28.7 Å². The van der Waals surface area contributed by atoms with Gasteiger partial charge in [0.15, 0.2) is 23.2 Å². The number of nitrogens with two attached hydrogens (primary N) is 1. The number of hydrazone groups is 1. The van der Waals surface area contributed by atoms with Crippen molar-refractivity contribution in [3.8, 4) is 0 Å². The van der Waals surface area contributed by atoms with Gasteiger partial charge in [-0.25, -0.2) is 20.4 Å². The highest BCUT2D eigenvalue weighted by molar-refractivity contribution is 7.11. The standard InChI is InChI=1S/C15H17N7O4S/c16-12-9-13(18-6-17-12)22(14-11(25)10(24)8(5-23)26-14)15(20-9)21-19-4-7-2-1-3-27-7/h1-4,6,8,10-11,14,23-25H,5H2,(H,20,21)(H2,16,17,18)/b19-4+/t8-,10-,11-,14-/m1/s1. The van der Waals surface area contributed by atoms with Crippen molar-refractivity contribution >= 4 is 40.5 Å². The van der Waals surface area contributed by atoms with Crippen LogP contribution in [0.3, 0.4) is 0 Å². The predicted molar refractivity (Wildman–Crippen MR) is 98.3 cm³/mol. The van der Waals surface area contributed by atoms with Crippen LogP contribution in [0.25, 0.3) is 11.2 Å². The molecule has 0 aromatic carbocycles. The van der Waals surface area contributed by atoms with Crippen molar-refractivity contribution in [1.82, 2.24) is 19.5 Å². The Bertz CT molecular complexity index is 961. The third-order valence-electron chi connectivity index (χ3n) is 4.18. The van der Waals surface area contributed by atoms with Crippen LogP contribution in [0.5, 0.6) is 0 Å². The maximum absolute atomic E-state index is 10.4. The number of nitrogens with zero attached hydrogens (tertiary/aromatic N) is 5. The van der Waals surface area contributed by atoms with E-state index in [-0.39, 0.29) is 11.8 Å². The Hall–Kier alpha value is -2.64. The molecule has 0 aliphatic carbocycles. The maximum atomic E-state index is 10.4. The van der Waals surface area contributed by atoms with E-state index in [1.807, 2.05) is 17.5 Å². The van der Waals surface area contributed by atoms with E-state index in [1.54, 1.807) is 6.21 Å². The van der Waals surface area contributed by atoms with E-state index in [9.17, 15) is 15.3 Å². The first-order chi connectivity index (χ1) is 13.1. The van der Waals surface area contributed by atoms with Crippen LogP contribution in [0.1, 0.15) is 11.1 Å². The van der Waals surface area contributed by atoms with Gasteiger partial charge in [-0.15, -0.1) is 11.3 Å². The van der Waals surface area contributed by atoms with Gasteiger partial charge < -0.3 is 25.8 Å². The quantitative estimate of drug-likeness (QED) is 0.285. The molecule has 4 atom stereocenters. The number of fused-ring (bicyclic) bond motifs is 1. The number of rotatable bonds is 5. The van der Waals surface area contributed by atoms with Crippen molar-refractivity contribution in [1.29, 1.82) is 0 Å². The zero-order chi connectivity index (χ0) is 19.0. The van der Waals surface area contributed by atoms with Gasteiger partial charge in [-0.2, -0.15) is 5.10 Å². The molecule has 4 heterocycles. The summed E-state index contributed by atoms with van der Waals surface area (Å²) in [7, 11) is 0. The first-order valence-electron chi connectivity index (χ1n) is 8.03. The van der Waals surface area contributed by atoms with Crippen LogP contribution in [0.15, 0.2) is 28.9 Å². The van der Waals surface area contributed by atoms with Crippen LogP contribution >= 0.6 is 11.3 Å². The van der Waals surface area contributed by atoms with Gasteiger partial charge in [0.1, 0.15) is 24.6 Å². The normalized spacial score (nSPS) is 25.6. The molecule has 1 aliphatic heterocycles. The Labute approximate surface area is 156 Å². The number of hydrogen-bond acceptors (Lipinski definition) is 11. The van der Waals surface area contributed by atoms with Crippen LogP contribution in [0, 0.1) is 0 Å². The lowest BCUT2D eigenvalue weighted by Crippen LogP contribution is -2.33. The average Bonchev–Trinajstić information content (AvgIpc) is 3.36. The van der Waals surface area contributed by atoms with Crippen LogP contribution in [0.4, 0.5) is 11.8 Å². The highest BCUT2D eigenvalue weighted by Crippen LogP contribution is 2.35. The van der Waals surface area contributed by atoms with Gasteiger partial charge in [0.05, 0.1) is 12.8 Å². The molecule has 0 amide bonds. The lowest BCUT2D eigenvalue weighted by molar-refractivity contribution is -0.0501. The molecule has 142 valence electrons. The number of nitrogen functional groups attached to an aromatic ring is 1. The van der Waals surface area contributed by atoms with Crippen molar-refractivity contribution in [3.63, 3.8) is 0 Å². The number of aliphatic hydroxyl groups excluding tert-OH is 3. The smallest absolute Gasteiger partial charge is 0.228 e. The summed E-state index contributed by atoms with van der Waals surface area (Å²) >= 11 is 1.51. The molecule has 27 heavy (non-hydrogen) atoms. The van der Waals surface area contributed by atoms with Gasteiger partial charge in [-0.05, 0) is 11.4 Å². The zero-order valence-electron chi connectivity index (χ0n) is 13.9. The Morgan fingerprint density at radius 3 is 2.93 bits per heavy atom. The molecular formula is C15H17N7O4S. The van der Waals surface area contributed by atoms with Crippen LogP contribution < -0.4 is 11.2 Å². The summed E-state index contributed by atoms with van der Waals surface area (Å²) in [6.07, 6.45) is -1.69. The number of aromatic nitrogens is 4. The largest absolute Gasteiger partial charge is 0.394 e. The first kappa shape index (κ1) is 17.8. The molecule has 3 aromatic heterocycles. The predicted octanol–water partition coefficient (Wildman–Crippen LogP) is -0.473. The second-order valence-corrected chi connectivity index (χ2v) is 6.83. The number of anilines is 2. The minimum atomic E-state index is -1.31. The third kappa shape index (κ3) is 3.13. The summed E-state index contributed by atoms with van der Waals surface area (Å²) in [5.74, 6) is 0.343. The molecule has 4 rings (SSSR count). The van der Waals surface area contributed by atoms with Gasteiger partial charge in [-0.1, -0.05) is 6.07 Å². The van der Waals surface area contributed by atoms with E-state index in [4.69, 9.17) is 10.5 Å². The molecule has 1 fully saturated rings. The van der Waals surface area contributed by atoms with E-state index in [0.29, 0.717) is 11.2 Å². The van der Waals surface area contributed by atoms with E-state index < -0.39 is 31.1 Å². The number of imidazole rings is 1. The molecule has 12 heteroatoms. The fraction of sp³-hybridized carbons (Fsp3) is 0.333. The molecule has 1 saturated heterocycles. The summed E-state index contributed by atoms with van der Waals surface area (Å²) in [6.45, 7) is -0.447. The summed E-state index contributed by atoms with van der Waals surface area (Å²) in [4.78, 5) is 13.3. The molecule has 0 radical (unpaired) electrons. The SMILES string of the molecule is Nc1ncnc2c1nc(N/N=C/c1cccs1)n2[C@@H]1O[C@H](CO)[C@@H](O)[C@H]1O. The number of aliphatic hydroxyl groups is 3. The number of nitrogens with one attached hydrogen (secondary N) is 1. The second kappa shape index (κ2) is 7.17. The molecule has 6 N–H and O–H groups in total. The van der Waals surface area contributed by atoms with Crippen molar-refractivity contribution < 1.29 is 20.1 Å². The molecule has 0 saturated carbocycles. The minimum Gasteiger partial charge on any atom is -0.394 e. The van der Waals surface area contributed by atoms with Crippen LogP contribution in [0.2, 0.25) is 0 Å². The summed E-state index contributed by atoms with van der Waals surface area (Å²) in [5.41, 5.74) is 9.25. The first-order valence-corrected chi connectivity index (χ1v) is 8.91.